The van der Waals surface area contributed by atoms with Crippen molar-refractivity contribution in [2.45, 2.75) is 46.1 Å². The summed E-state index contributed by atoms with van der Waals surface area (Å²) in [5, 5.41) is 19.4. The van der Waals surface area contributed by atoms with E-state index in [0.717, 1.165) is 42.3 Å². The molecule has 0 fully saturated rings. The van der Waals surface area contributed by atoms with Crippen molar-refractivity contribution in [1.29, 1.82) is 0 Å². The quantitative estimate of drug-likeness (QED) is 0.821. The molecule has 1 aromatic carbocycles. The molecule has 0 aliphatic heterocycles. The van der Waals surface area contributed by atoms with Gasteiger partial charge in [-0.1, -0.05) is 13.3 Å². The first-order chi connectivity index (χ1) is 10.1. The zero-order chi connectivity index (χ0) is 15.4. The van der Waals surface area contributed by atoms with Crippen molar-refractivity contribution in [3.8, 4) is 0 Å². The van der Waals surface area contributed by atoms with E-state index in [9.17, 15) is 9.90 Å². The third-order valence-corrected chi connectivity index (χ3v) is 3.90. The fraction of sp³-hybridized carbons (Fsp3) is 0.471. The molecule has 0 bridgehead atoms. The monoisotopic (exact) mass is 289 g/mol. The molecule has 0 atom stereocenters. The summed E-state index contributed by atoms with van der Waals surface area (Å²) in [6.07, 6.45) is 5.98. The van der Waals surface area contributed by atoms with Crippen LogP contribution in [0.15, 0.2) is 18.3 Å². The number of aromatic carboxylic acids is 1. The van der Waals surface area contributed by atoms with Gasteiger partial charge >= 0.3 is 5.97 Å². The number of carbonyl (C=O) groups is 1. The number of aryl methyl sites for hydroxylation is 3. The van der Waals surface area contributed by atoms with E-state index in [1.165, 1.54) is 5.56 Å². The zero-order valence-electron chi connectivity index (χ0n) is 12.7. The lowest BCUT2D eigenvalue weighted by atomic mass is 10.0. The Hall–Kier alpha value is -1.81. The molecule has 2 N–H and O–H groups in total. The number of carboxylic acid groups (broad SMARTS) is 1. The average molecular weight is 289 g/mol. The molecular formula is C17H23NO3. The van der Waals surface area contributed by atoms with E-state index in [1.54, 1.807) is 6.07 Å². The molecule has 0 amide bonds. The predicted molar refractivity (Wildman–Crippen MR) is 83.9 cm³/mol. The Kier molecular flexibility index (Phi) is 5.02. The number of hydrogen-bond acceptors (Lipinski definition) is 2. The molecule has 0 spiro atoms. The number of aromatic nitrogens is 1. The topological polar surface area (TPSA) is 62.5 Å². The van der Waals surface area contributed by atoms with Gasteiger partial charge in [-0.15, -0.1) is 0 Å². The molecule has 4 heteroatoms. The number of aliphatic hydroxyl groups excluding tert-OH is 1. The molecule has 2 rings (SSSR count). The molecule has 0 saturated carbocycles. The molecule has 0 saturated heterocycles. The highest BCUT2D eigenvalue weighted by atomic mass is 16.4. The summed E-state index contributed by atoms with van der Waals surface area (Å²) in [5.74, 6) is -0.876. The summed E-state index contributed by atoms with van der Waals surface area (Å²) in [7, 11) is 0. The Morgan fingerprint density at radius 3 is 2.67 bits per heavy atom. The van der Waals surface area contributed by atoms with E-state index in [0.29, 0.717) is 12.0 Å². The molecule has 2 aromatic rings. The fourth-order valence-electron chi connectivity index (χ4n) is 2.74. The lowest BCUT2D eigenvalue weighted by Gasteiger charge is -2.06. The number of hydrogen-bond donors (Lipinski definition) is 2. The summed E-state index contributed by atoms with van der Waals surface area (Å²) in [5.41, 5.74) is 3.42. The van der Waals surface area contributed by atoms with Crippen LogP contribution in [0.4, 0.5) is 0 Å². The van der Waals surface area contributed by atoms with Crippen LogP contribution < -0.4 is 0 Å². The van der Waals surface area contributed by atoms with Gasteiger partial charge in [-0.25, -0.2) is 4.79 Å². The van der Waals surface area contributed by atoms with Crippen molar-refractivity contribution in [2.24, 2.45) is 0 Å². The van der Waals surface area contributed by atoms with Crippen LogP contribution in [-0.2, 0) is 13.0 Å². The highest BCUT2D eigenvalue weighted by Gasteiger charge is 2.14. The van der Waals surface area contributed by atoms with Gasteiger partial charge in [0.15, 0.2) is 0 Å². The van der Waals surface area contributed by atoms with Gasteiger partial charge in [0.2, 0.25) is 0 Å². The Morgan fingerprint density at radius 2 is 2.05 bits per heavy atom. The van der Waals surface area contributed by atoms with Crippen LogP contribution in [-0.4, -0.2) is 27.4 Å². The van der Waals surface area contributed by atoms with Crippen molar-refractivity contribution in [3.05, 3.63) is 35.0 Å². The maximum absolute atomic E-state index is 11.3. The SMILES string of the molecule is CCCCc1cn(CCCO)c2cc(C)c(C(=O)O)cc12. The lowest BCUT2D eigenvalue weighted by molar-refractivity contribution is 0.0696. The van der Waals surface area contributed by atoms with E-state index in [1.807, 2.05) is 13.0 Å². The number of fused-ring (bicyclic) bond motifs is 1. The van der Waals surface area contributed by atoms with E-state index in [-0.39, 0.29) is 6.61 Å². The molecule has 114 valence electrons. The van der Waals surface area contributed by atoms with Crippen LogP contribution in [0.1, 0.15) is 47.7 Å². The Morgan fingerprint density at radius 1 is 1.29 bits per heavy atom. The van der Waals surface area contributed by atoms with Gasteiger partial charge in [0.05, 0.1) is 5.56 Å². The number of aliphatic hydroxyl groups is 1. The molecule has 0 unspecified atom stereocenters. The number of unbranched alkanes of at least 4 members (excludes halogenated alkanes) is 1. The van der Waals surface area contributed by atoms with Crippen molar-refractivity contribution >= 4 is 16.9 Å². The largest absolute Gasteiger partial charge is 0.478 e. The minimum absolute atomic E-state index is 0.163. The van der Waals surface area contributed by atoms with Gasteiger partial charge in [-0.05, 0) is 49.4 Å². The fourth-order valence-corrected chi connectivity index (χ4v) is 2.74. The molecular weight excluding hydrogens is 266 g/mol. The van der Waals surface area contributed by atoms with Crippen LogP contribution in [0.2, 0.25) is 0 Å². The maximum atomic E-state index is 11.3. The van der Waals surface area contributed by atoms with Gasteiger partial charge in [0, 0.05) is 30.3 Å². The summed E-state index contributed by atoms with van der Waals surface area (Å²) >= 11 is 0. The molecule has 1 aromatic heterocycles. The minimum Gasteiger partial charge on any atom is -0.478 e. The first kappa shape index (κ1) is 15.6. The number of benzene rings is 1. The number of rotatable bonds is 7. The van der Waals surface area contributed by atoms with Crippen molar-refractivity contribution < 1.29 is 15.0 Å². The van der Waals surface area contributed by atoms with Gasteiger partial charge in [0.1, 0.15) is 0 Å². The summed E-state index contributed by atoms with van der Waals surface area (Å²) in [6.45, 7) is 4.90. The first-order valence-corrected chi connectivity index (χ1v) is 7.55. The zero-order valence-corrected chi connectivity index (χ0v) is 12.7. The highest BCUT2D eigenvalue weighted by Crippen LogP contribution is 2.27. The lowest BCUT2D eigenvalue weighted by Crippen LogP contribution is -2.01. The third-order valence-electron chi connectivity index (χ3n) is 3.90. The van der Waals surface area contributed by atoms with Crippen molar-refractivity contribution in [3.63, 3.8) is 0 Å². The number of nitrogens with zero attached hydrogens (tertiary/aromatic N) is 1. The van der Waals surface area contributed by atoms with Crippen LogP contribution in [0.3, 0.4) is 0 Å². The van der Waals surface area contributed by atoms with Crippen LogP contribution >= 0.6 is 0 Å². The van der Waals surface area contributed by atoms with E-state index in [2.05, 4.69) is 17.7 Å². The molecule has 4 nitrogen and oxygen atoms in total. The van der Waals surface area contributed by atoms with Gasteiger partial charge in [-0.2, -0.15) is 0 Å². The summed E-state index contributed by atoms with van der Waals surface area (Å²) < 4.78 is 2.13. The summed E-state index contributed by atoms with van der Waals surface area (Å²) in [6, 6.07) is 3.75. The van der Waals surface area contributed by atoms with Crippen molar-refractivity contribution in [2.75, 3.05) is 6.61 Å². The van der Waals surface area contributed by atoms with E-state index >= 15 is 0 Å². The second-order valence-electron chi connectivity index (χ2n) is 5.52. The first-order valence-electron chi connectivity index (χ1n) is 7.55. The summed E-state index contributed by atoms with van der Waals surface area (Å²) in [4.78, 5) is 11.3. The Labute approximate surface area is 125 Å². The normalized spacial score (nSPS) is 11.2. The predicted octanol–water partition coefficient (Wildman–Crippen LogP) is 3.37. The maximum Gasteiger partial charge on any atom is 0.335 e. The molecule has 0 aliphatic rings. The molecule has 21 heavy (non-hydrogen) atoms. The van der Waals surface area contributed by atoms with Gasteiger partial charge in [0.25, 0.3) is 0 Å². The minimum atomic E-state index is -0.876. The number of carboxylic acids is 1. The highest BCUT2D eigenvalue weighted by molar-refractivity contribution is 5.96. The standard InChI is InChI=1S/C17H23NO3/c1-3-4-6-13-11-18(7-5-8-19)16-9-12(2)14(17(20)21)10-15(13)16/h9-11,19H,3-8H2,1-2H3,(H,20,21). The van der Waals surface area contributed by atoms with Gasteiger partial charge in [-0.3, -0.25) is 0 Å². The van der Waals surface area contributed by atoms with Crippen molar-refractivity contribution in [1.82, 2.24) is 4.57 Å². The molecule has 0 radical (unpaired) electrons. The average Bonchev–Trinajstić information content (AvgIpc) is 2.78. The Bertz CT molecular complexity index is 643. The second-order valence-corrected chi connectivity index (χ2v) is 5.52. The van der Waals surface area contributed by atoms with Crippen LogP contribution in [0, 0.1) is 6.92 Å². The molecule has 0 aliphatic carbocycles. The third kappa shape index (κ3) is 3.27. The van der Waals surface area contributed by atoms with E-state index < -0.39 is 5.97 Å². The second kappa shape index (κ2) is 6.76. The molecule has 1 heterocycles. The Balaban J connectivity index is 2.54. The van der Waals surface area contributed by atoms with Crippen LogP contribution in [0.5, 0.6) is 0 Å². The van der Waals surface area contributed by atoms with E-state index in [4.69, 9.17) is 5.11 Å². The van der Waals surface area contributed by atoms with Crippen LogP contribution in [0.25, 0.3) is 10.9 Å². The van der Waals surface area contributed by atoms with Gasteiger partial charge < -0.3 is 14.8 Å². The smallest absolute Gasteiger partial charge is 0.335 e.